The maximum absolute atomic E-state index is 11.7. The number of Topliss-reactive ketones (excluding diaryl/α,β-unsaturated/α-hetero) is 1. The second kappa shape index (κ2) is 5.27. The summed E-state index contributed by atoms with van der Waals surface area (Å²) in [7, 11) is 1.47. The van der Waals surface area contributed by atoms with Gasteiger partial charge in [-0.2, -0.15) is 0 Å². The van der Waals surface area contributed by atoms with E-state index in [-0.39, 0.29) is 12.2 Å². The predicted octanol–water partition coefficient (Wildman–Crippen LogP) is 2.18. The molecular formula is C9H9BrO4S. The monoisotopic (exact) mass is 292 g/mol. The minimum Gasteiger partial charge on any atom is -0.495 e. The predicted molar refractivity (Wildman–Crippen MR) is 60.2 cm³/mol. The van der Waals surface area contributed by atoms with Gasteiger partial charge in [0.15, 0.2) is 5.78 Å². The van der Waals surface area contributed by atoms with Crippen LogP contribution in [-0.2, 0) is 4.79 Å². The number of carbonyl (C=O) groups excluding carboxylic acids is 1. The van der Waals surface area contributed by atoms with Gasteiger partial charge in [-0.1, -0.05) is 15.9 Å². The Hall–Kier alpha value is -0.880. The number of halogens is 1. The van der Waals surface area contributed by atoms with Crippen LogP contribution in [-0.4, -0.2) is 28.8 Å². The number of ether oxygens (including phenoxy) is 1. The number of thiophene rings is 1. The molecule has 15 heavy (non-hydrogen) atoms. The number of hydrogen-bond donors (Lipinski definition) is 1. The molecule has 0 aromatic carbocycles. The first-order valence-corrected chi connectivity index (χ1v) is 5.87. The van der Waals surface area contributed by atoms with Crippen LogP contribution in [0.25, 0.3) is 0 Å². The van der Waals surface area contributed by atoms with Gasteiger partial charge in [-0.3, -0.25) is 9.59 Å². The molecule has 0 fully saturated rings. The molecule has 0 radical (unpaired) electrons. The Morgan fingerprint density at radius 1 is 1.67 bits per heavy atom. The Balaban J connectivity index is 2.80. The molecule has 82 valence electrons. The molecule has 0 aliphatic rings. The molecule has 6 heteroatoms. The van der Waals surface area contributed by atoms with E-state index in [1.54, 1.807) is 11.4 Å². The number of methoxy groups -OCH3 is 1. The maximum Gasteiger partial charge on any atom is 0.304 e. The lowest BCUT2D eigenvalue weighted by atomic mass is 10.2. The summed E-state index contributed by atoms with van der Waals surface area (Å²) < 4.78 is 4.98. The number of ketones is 1. The van der Waals surface area contributed by atoms with Crippen molar-refractivity contribution in [2.45, 2.75) is 11.2 Å². The SMILES string of the molecule is COc1ccsc1C(=O)C(Br)CC(=O)O. The van der Waals surface area contributed by atoms with E-state index in [0.29, 0.717) is 10.6 Å². The fourth-order valence-corrected chi connectivity index (χ4v) is 2.54. The first kappa shape index (κ1) is 12.2. The van der Waals surface area contributed by atoms with E-state index in [1.165, 1.54) is 18.4 Å². The fourth-order valence-electron chi connectivity index (χ4n) is 1.03. The highest BCUT2D eigenvalue weighted by atomic mass is 79.9. The second-order valence-electron chi connectivity index (χ2n) is 2.75. The van der Waals surface area contributed by atoms with Crippen molar-refractivity contribution >= 4 is 39.0 Å². The molecule has 1 atom stereocenters. The van der Waals surface area contributed by atoms with Crippen LogP contribution in [0.4, 0.5) is 0 Å². The zero-order chi connectivity index (χ0) is 11.4. The van der Waals surface area contributed by atoms with Gasteiger partial charge < -0.3 is 9.84 Å². The Kier molecular flexibility index (Phi) is 4.28. The number of carbonyl (C=O) groups is 2. The molecule has 1 heterocycles. The number of carboxylic acid groups (broad SMARTS) is 1. The summed E-state index contributed by atoms with van der Waals surface area (Å²) in [6.07, 6.45) is -0.236. The first-order valence-electron chi connectivity index (χ1n) is 4.07. The molecule has 0 saturated carbocycles. The molecule has 0 bridgehead atoms. The van der Waals surface area contributed by atoms with Gasteiger partial charge in [0, 0.05) is 0 Å². The van der Waals surface area contributed by atoms with Crippen molar-refractivity contribution in [2.24, 2.45) is 0 Å². The van der Waals surface area contributed by atoms with Gasteiger partial charge in [-0.25, -0.2) is 0 Å². The minimum atomic E-state index is -1.01. The molecule has 0 spiro atoms. The van der Waals surface area contributed by atoms with E-state index in [0.717, 1.165) is 0 Å². The highest BCUT2D eigenvalue weighted by Crippen LogP contribution is 2.28. The summed E-state index contributed by atoms with van der Waals surface area (Å²) in [4.78, 5) is 21.9. The van der Waals surface area contributed by atoms with Crippen LogP contribution in [0.2, 0.25) is 0 Å². The molecule has 1 aromatic rings. The van der Waals surface area contributed by atoms with Gasteiger partial charge in [0.25, 0.3) is 0 Å². The highest BCUT2D eigenvalue weighted by molar-refractivity contribution is 9.10. The average molecular weight is 293 g/mol. The third-order valence-corrected chi connectivity index (χ3v) is 3.36. The second-order valence-corrected chi connectivity index (χ2v) is 4.77. The summed E-state index contributed by atoms with van der Waals surface area (Å²) in [5.41, 5.74) is 0. The van der Waals surface area contributed by atoms with Crippen molar-refractivity contribution in [1.29, 1.82) is 0 Å². The van der Waals surface area contributed by atoms with Crippen molar-refractivity contribution in [3.8, 4) is 5.75 Å². The van der Waals surface area contributed by atoms with E-state index in [4.69, 9.17) is 9.84 Å². The van der Waals surface area contributed by atoms with Crippen LogP contribution in [0, 0.1) is 0 Å². The summed E-state index contributed by atoms with van der Waals surface area (Å²) in [5, 5.41) is 10.3. The Labute approximate surface area is 99.0 Å². The van der Waals surface area contributed by atoms with Crippen LogP contribution in [0.3, 0.4) is 0 Å². The molecule has 1 rings (SSSR count). The van der Waals surface area contributed by atoms with Crippen molar-refractivity contribution in [3.63, 3.8) is 0 Å². The molecule has 0 saturated heterocycles. The van der Waals surface area contributed by atoms with Crippen LogP contribution < -0.4 is 4.74 Å². The molecule has 4 nitrogen and oxygen atoms in total. The first-order chi connectivity index (χ1) is 7.06. The summed E-state index contributed by atoms with van der Waals surface area (Å²) in [6.45, 7) is 0. The lowest BCUT2D eigenvalue weighted by molar-refractivity contribution is -0.136. The molecular weight excluding hydrogens is 284 g/mol. The number of hydrogen-bond acceptors (Lipinski definition) is 4. The topological polar surface area (TPSA) is 63.6 Å². The van der Waals surface area contributed by atoms with E-state index < -0.39 is 10.8 Å². The maximum atomic E-state index is 11.7. The summed E-state index contributed by atoms with van der Waals surface area (Å²) >= 11 is 4.29. The van der Waals surface area contributed by atoms with Crippen molar-refractivity contribution < 1.29 is 19.4 Å². The smallest absolute Gasteiger partial charge is 0.304 e. The number of alkyl halides is 1. The zero-order valence-electron chi connectivity index (χ0n) is 7.90. The average Bonchev–Trinajstić information content (AvgIpc) is 2.62. The summed E-state index contributed by atoms with van der Waals surface area (Å²) in [6, 6.07) is 1.68. The third kappa shape index (κ3) is 3.04. The van der Waals surface area contributed by atoms with Crippen LogP contribution in [0.5, 0.6) is 5.75 Å². The van der Waals surface area contributed by atoms with Crippen molar-refractivity contribution in [1.82, 2.24) is 0 Å². The van der Waals surface area contributed by atoms with Crippen LogP contribution in [0.1, 0.15) is 16.1 Å². The normalized spacial score (nSPS) is 12.1. The van der Waals surface area contributed by atoms with Crippen LogP contribution in [0.15, 0.2) is 11.4 Å². The van der Waals surface area contributed by atoms with Gasteiger partial charge in [0.05, 0.1) is 18.4 Å². The van der Waals surface area contributed by atoms with Gasteiger partial charge in [-0.05, 0) is 11.4 Å². The van der Waals surface area contributed by atoms with Gasteiger partial charge in [0.2, 0.25) is 0 Å². The van der Waals surface area contributed by atoms with Gasteiger partial charge in [-0.15, -0.1) is 11.3 Å². The lowest BCUT2D eigenvalue weighted by Crippen LogP contribution is -2.17. The Bertz CT molecular complexity index is 374. The largest absolute Gasteiger partial charge is 0.495 e. The molecule has 0 amide bonds. The van der Waals surface area contributed by atoms with E-state index in [1.807, 2.05) is 0 Å². The molecule has 1 aromatic heterocycles. The molecule has 1 unspecified atom stereocenters. The summed E-state index contributed by atoms with van der Waals surface area (Å²) in [5.74, 6) is -0.787. The van der Waals surface area contributed by atoms with Crippen LogP contribution >= 0.6 is 27.3 Å². The fraction of sp³-hybridized carbons (Fsp3) is 0.333. The van der Waals surface area contributed by atoms with Gasteiger partial charge in [0.1, 0.15) is 10.6 Å². The standard InChI is InChI=1S/C9H9BrO4S/c1-14-6-2-3-15-9(6)8(13)5(10)4-7(11)12/h2-3,5H,4H2,1H3,(H,11,12). The molecule has 0 aliphatic heterocycles. The van der Waals surface area contributed by atoms with E-state index >= 15 is 0 Å². The van der Waals surface area contributed by atoms with Crippen molar-refractivity contribution in [3.05, 3.63) is 16.3 Å². The number of aliphatic carboxylic acids is 1. The molecule has 1 N–H and O–H groups in total. The van der Waals surface area contributed by atoms with Crippen molar-refractivity contribution in [2.75, 3.05) is 7.11 Å². The highest BCUT2D eigenvalue weighted by Gasteiger charge is 2.23. The Morgan fingerprint density at radius 2 is 2.33 bits per heavy atom. The van der Waals surface area contributed by atoms with E-state index in [2.05, 4.69) is 15.9 Å². The Morgan fingerprint density at radius 3 is 2.87 bits per heavy atom. The number of carboxylic acids is 1. The van der Waals surface area contributed by atoms with Gasteiger partial charge >= 0.3 is 5.97 Å². The lowest BCUT2D eigenvalue weighted by Gasteiger charge is -2.05. The third-order valence-electron chi connectivity index (χ3n) is 1.71. The quantitative estimate of drug-likeness (QED) is 0.667. The van der Waals surface area contributed by atoms with E-state index in [9.17, 15) is 9.59 Å². The number of rotatable bonds is 5. The molecule has 0 aliphatic carbocycles. The zero-order valence-corrected chi connectivity index (χ0v) is 10.3. The minimum absolute atomic E-state index is 0.236.